The number of benzene rings is 2. The first-order chi connectivity index (χ1) is 11.6. The molecule has 3 aromatic rings. The van der Waals surface area contributed by atoms with E-state index in [1.54, 1.807) is 30.5 Å². The van der Waals surface area contributed by atoms with Crippen molar-refractivity contribution in [2.75, 3.05) is 5.32 Å². The molecule has 2 aromatic carbocycles. The molecule has 0 atom stereocenters. The first-order valence-electron chi connectivity index (χ1n) is 7.15. The Bertz CT molecular complexity index is 913. The van der Waals surface area contributed by atoms with Crippen molar-refractivity contribution in [2.45, 2.75) is 6.42 Å². The van der Waals surface area contributed by atoms with Gasteiger partial charge in [-0.25, -0.2) is 4.98 Å². The number of rotatable bonds is 4. The van der Waals surface area contributed by atoms with Crippen molar-refractivity contribution in [3.63, 3.8) is 0 Å². The first kappa shape index (κ1) is 16.2. The lowest BCUT2D eigenvalue weighted by atomic mass is 10.1. The lowest BCUT2D eigenvalue weighted by Gasteiger charge is -2.01. The molecular formula is C18H12ClN3OS. The van der Waals surface area contributed by atoms with Crippen LogP contribution in [0.15, 0.2) is 54.7 Å². The number of hydrogen-bond donors (Lipinski definition) is 1. The summed E-state index contributed by atoms with van der Waals surface area (Å²) in [6.07, 6.45) is 2.48. The summed E-state index contributed by atoms with van der Waals surface area (Å²) in [5.74, 6) is -0.278. The number of hydrogen-bond acceptors (Lipinski definition) is 4. The van der Waals surface area contributed by atoms with E-state index < -0.39 is 0 Å². The van der Waals surface area contributed by atoms with Crippen LogP contribution in [0.4, 0.5) is 5.13 Å². The Morgan fingerprint density at radius 1 is 1.25 bits per heavy atom. The molecule has 0 saturated carbocycles. The molecule has 0 bridgehead atoms. The van der Waals surface area contributed by atoms with E-state index in [-0.39, 0.29) is 5.91 Å². The molecular weight excluding hydrogens is 342 g/mol. The second kappa shape index (κ2) is 7.26. The van der Waals surface area contributed by atoms with Crippen LogP contribution < -0.4 is 5.32 Å². The lowest BCUT2D eigenvalue weighted by Crippen LogP contribution is -2.11. The molecule has 0 aliphatic heterocycles. The Kier molecular flexibility index (Phi) is 4.90. The van der Waals surface area contributed by atoms with Gasteiger partial charge in [-0.05, 0) is 35.9 Å². The van der Waals surface area contributed by atoms with Crippen molar-refractivity contribution in [1.29, 1.82) is 5.26 Å². The summed E-state index contributed by atoms with van der Waals surface area (Å²) >= 11 is 7.30. The molecule has 0 unspecified atom stereocenters. The van der Waals surface area contributed by atoms with Gasteiger partial charge in [0, 0.05) is 28.1 Å². The fraction of sp³-hybridized carbons (Fsp3) is 0.0556. The average molecular weight is 354 g/mol. The maximum absolute atomic E-state index is 12.2. The van der Waals surface area contributed by atoms with Crippen LogP contribution in [0.2, 0.25) is 5.02 Å². The standard InChI is InChI=1S/C18H12ClN3OS/c19-15-6-4-12(5-7-15)9-16-11-21-18(24-16)22-17(23)14-3-1-2-13(8-14)10-20/h1-8,11H,9H2,(H,21,22,23). The summed E-state index contributed by atoms with van der Waals surface area (Å²) in [5.41, 5.74) is 2.01. The highest BCUT2D eigenvalue weighted by atomic mass is 35.5. The van der Waals surface area contributed by atoms with Crippen LogP contribution in [0.25, 0.3) is 0 Å². The van der Waals surface area contributed by atoms with Gasteiger partial charge in [-0.15, -0.1) is 11.3 Å². The molecule has 1 amide bonds. The number of nitrogens with zero attached hydrogens (tertiary/aromatic N) is 2. The third-order valence-electron chi connectivity index (χ3n) is 3.32. The van der Waals surface area contributed by atoms with E-state index in [1.807, 2.05) is 30.3 Å². The number of anilines is 1. The van der Waals surface area contributed by atoms with E-state index >= 15 is 0 Å². The highest BCUT2D eigenvalue weighted by molar-refractivity contribution is 7.15. The molecule has 0 aliphatic rings. The van der Waals surface area contributed by atoms with Crippen molar-refractivity contribution in [3.8, 4) is 6.07 Å². The molecule has 0 saturated heterocycles. The summed E-state index contributed by atoms with van der Waals surface area (Å²) in [7, 11) is 0. The van der Waals surface area contributed by atoms with Gasteiger partial charge in [-0.1, -0.05) is 29.8 Å². The van der Waals surface area contributed by atoms with Gasteiger partial charge in [0.15, 0.2) is 5.13 Å². The Labute approximate surface area is 148 Å². The van der Waals surface area contributed by atoms with Crippen LogP contribution in [-0.2, 0) is 6.42 Å². The van der Waals surface area contributed by atoms with E-state index in [9.17, 15) is 4.79 Å². The first-order valence-corrected chi connectivity index (χ1v) is 8.34. The Balaban J connectivity index is 1.68. The Hall–Kier alpha value is -2.68. The largest absolute Gasteiger partial charge is 0.298 e. The summed E-state index contributed by atoms with van der Waals surface area (Å²) in [6, 6.07) is 16.2. The predicted octanol–water partition coefficient (Wildman–Crippen LogP) is 4.51. The second-order valence-corrected chi connectivity index (χ2v) is 6.63. The highest BCUT2D eigenvalue weighted by Crippen LogP contribution is 2.22. The number of amides is 1. The summed E-state index contributed by atoms with van der Waals surface area (Å²) in [5, 5.41) is 12.9. The lowest BCUT2D eigenvalue weighted by molar-refractivity contribution is 0.102. The number of nitriles is 1. The number of nitrogens with one attached hydrogen (secondary N) is 1. The van der Waals surface area contributed by atoms with E-state index in [1.165, 1.54) is 11.3 Å². The zero-order chi connectivity index (χ0) is 16.9. The molecule has 1 aromatic heterocycles. The summed E-state index contributed by atoms with van der Waals surface area (Å²) in [4.78, 5) is 17.5. The predicted molar refractivity (Wildman–Crippen MR) is 95.5 cm³/mol. The van der Waals surface area contributed by atoms with Gasteiger partial charge < -0.3 is 0 Å². The zero-order valence-corrected chi connectivity index (χ0v) is 14.1. The smallest absolute Gasteiger partial charge is 0.257 e. The number of halogens is 1. The minimum Gasteiger partial charge on any atom is -0.298 e. The van der Waals surface area contributed by atoms with Crippen molar-refractivity contribution in [2.24, 2.45) is 0 Å². The van der Waals surface area contributed by atoms with Gasteiger partial charge in [0.2, 0.25) is 0 Å². The van der Waals surface area contributed by atoms with E-state index in [4.69, 9.17) is 16.9 Å². The van der Waals surface area contributed by atoms with Crippen molar-refractivity contribution in [3.05, 3.63) is 81.3 Å². The van der Waals surface area contributed by atoms with Crippen molar-refractivity contribution >= 4 is 34.0 Å². The van der Waals surface area contributed by atoms with E-state index in [0.29, 0.717) is 21.3 Å². The minimum absolute atomic E-state index is 0.278. The Morgan fingerprint density at radius 2 is 2.04 bits per heavy atom. The van der Waals surface area contributed by atoms with Gasteiger partial charge >= 0.3 is 0 Å². The fourth-order valence-corrected chi connectivity index (χ4v) is 3.12. The normalized spacial score (nSPS) is 10.2. The van der Waals surface area contributed by atoms with E-state index in [0.717, 1.165) is 16.9 Å². The van der Waals surface area contributed by atoms with Crippen LogP contribution >= 0.6 is 22.9 Å². The Morgan fingerprint density at radius 3 is 2.79 bits per heavy atom. The van der Waals surface area contributed by atoms with Gasteiger partial charge in [0.25, 0.3) is 5.91 Å². The number of carbonyl (C=O) groups is 1. The number of thiazole rings is 1. The molecule has 3 rings (SSSR count). The maximum Gasteiger partial charge on any atom is 0.257 e. The molecule has 0 radical (unpaired) electrons. The van der Waals surface area contributed by atoms with Gasteiger partial charge in [-0.3, -0.25) is 10.1 Å². The molecule has 4 nitrogen and oxygen atoms in total. The SMILES string of the molecule is N#Cc1cccc(C(=O)Nc2ncc(Cc3ccc(Cl)cc3)s2)c1. The second-order valence-electron chi connectivity index (χ2n) is 5.08. The monoisotopic (exact) mass is 353 g/mol. The third-order valence-corrected chi connectivity index (χ3v) is 4.48. The quantitative estimate of drug-likeness (QED) is 0.750. The van der Waals surface area contributed by atoms with Gasteiger partial charge in [0.1, 0.15) is 0 Å². The molecule has 1 heterocycles. The molecule has 6 heteroatoms. The fourth-order valence-electron chi connectivity index (χ4n) is 2.15. The van der Waals surface area contributed by atoms with Gasteiger partial charge in [-0.2, -0.15) is 5.26 Å². The van der Waals surface area contributed by atoms with Gasteiger partial charge in [0.05, 0.1) is 11.6 Å². The van der Waals surface area contributed by atoms with Crippen molar-refractivity contribution in [1.82, 2.24) is 4.98 Å². The molecule has 24 heavy (non-hydrogen) atoms. The van der Waals surface area contributed by atoms with Crippen molar-refractivity contribution < 1.29 is 4.79 Å². The van der Waals surface area contributed by atoms with E-state index in [2.05, 4.69) is 10.3 Å². The van der Waals surface area contributed by atoms with Crippen LogP contribution in [0.5, 0.6) is 0 Å². The number of carbonyl (C=O) groups excluding carboxylic acids is 1. The molecule has 0 spiro atoms. The minimum atomic E-state index is -0.278. The molecule has 118 valence electrons. The van der Waals surface area contributed by atoms with Crippen LogP contribution in [0.3, 0.4) is 0 Å². The summed E-state index contributed by atoms with van der Waals surface area (Å²) in [6.45, 7) is 0. The average Bonchev–Trinajstić information content (AvgIpc) is 3.04. The number of aromatic nitrogens is 1. The van der Waals surface area contributed by atoms with Crippen LogP contribution in [-0.4, -0.2) is 10.9 Å². The summed E-state index contributed by atoms with van der Waals surface area (Å²) < 4.78 is 0. The maximum atomic E-state index is 12.2. The third kappa shape index (κ3) is 3.99. The molecule has 0 fully saturated rings. The van der Waals surface area contributed by atoms with Crippen LogP contribution in [0.1, 0.15) is 26.4 Å². The topological polar surface area (TPSA) is 65.8 Å². The highest BCUT2D eigenvalue weighted by Gasteiger charge is 2.10. The molecule has 1 N–H and O–H groups in total. The zero-order valence-electron chi connectivity index (χ0n) is 12.5. The van der Waals surface area contributed by atoms with Crippen LogP contribution in [0, 0.1) is 11.3 Å². The molecule has 0 aliphatic carbocycles.